The van der Waals surface area contributed by atoms with E-state index in [-0.39, 0.29) is 31.3 Å². The third kappa shape index (κ3) is 4.19. The van der Waals surface area contributed by atoms with Gasteiger partial charge in [0.15, 0.2) is 5.78 Å². The number of nitrogens with zero attached hydrogens (tertiary/aromatic N) is 1. The van der Waals surface area contributed by atoms with E-state index in [0.29, 0.717) is 16.9 Å². The molecule has 1 heterocycles. The normalized spacial score (nSPS) is 15.6. The van der Waals surface area contributed by atoms with Crippen LogP contribution in [-0.2, 0) is 20.9 Å². The molecule has 26 heavy (non-hydrogen) atoms. The molecule has 1 aromatic carbocycles. The first-order chi connectivity index (χ1) is 12.2. The molecule has 140 valence electrons. The van der Waals surface area contributed by atoms with Gasteiger partial charge in [-0.25, -0.2) is 4.79 Å². The Labute approximate surface area is 151 Å². The van der Waals surface area contributed by atoms with Gasteiger partial charge in [-0.15, -0.1) is 0 Å². The molecule has 1 fully saturated rings. The fraction of sp³-hybridized carbons (Fsp3) is 0.444. The molecule has 1 aliphatic heterocycles. The molecule has 8 heteroatoms. The predicted octanol–water partition coefficient (Wildman–Crippen LogP) is 1.66. The number of carbonyl (C=O) groups is 4. The topological polar surface area (TPSA) is 102 Å². The summed E-state index contributed by atoms with van der Waals surface area (Å²) >= 11 is 0. The number of Topliss-reactive ketones (excluding diaryl/α,β-unsaturated/α-hetero) is 1. The number of amides is 3. The molecule has 0 atom stereocenters. The van der Waals surface area contributed by atoms with E-state index >= 15 is 0 Å². The zero-order chi connectivity index (χ0) is 19.5. The number of hydrogen-bond acceptors (Lipinski definition) is 6. The van der Waals surface area contributed by atoms with Crippen LogP contribution in [0.3, 0.4) is 0 Å². The van der Waals surface area contributed by atoms with Crippen LogP contribution in [-0.4, -0.2) is 47.8 Å². The lowest BCUT2D eigenvalue weighted by molar-refractivity contribution is -0.145. The van der Waals surface area contributed by atoms with Gasteiger partial charge in [-0.1, -0.05) is 0 Å². The van der Waals surface area contributed by atoms with E-state index in [1.54, 1.807) is 32.0 Å². The van der Waals surface area contributed by atoms with Crippen molar-refractivity contribution in [3.05, 3.63) is 29.3 Å². The van der Waals surface area contributed by atoms with E-state index in [2.05, 4.69) is 5.32 Å². The molecule has 1 aromatic rings. The molecule has 1 saturated heterocycles. The minimum atomic E-state index is -0.971. The monoisotopic (exact) mass is 362 g/mol. The molecular formula is C18H22N2O6. The van der Waals surface area contributed by atoms with Crippen molar-refractivity contribution in [3.8, 4) is 5.75 Å². The first-order valence-corrected chi connectivity index (χ1v) is 8.13. The number of methoxy groups -OCH3 is 1. The summed E-state index contributed by atoms with van der Waals surface area (Å²) in [5, 5.41) is 2.54. The van der Waals surface area contributed by atoms with Gasteiger partial charge in [-0.05, 0) is 39.0 Å². The molecule has 2 rings (SSSR count). The number of benzene rings is 1. The highest BCUT2D eigenvalue weighted by Crippen LogP contribution is 2.22. The maximum Gasteiger partial charge on any atom is 0.325 e. The minimum Gasteiger partial charge on any atom is -0.496 e. The third-order valence-corrected chi connectivity index (χ3v) is 4.06. The summed E-state index contributed by atoms with van der Waals surface area (Å²) in [6, 6.07) is 4.35. The molecule has 8 nitrogen and oxygen atoms in total. The van der Waals surface area contributed by atoms with Crippen molar-refractivity contribution in [2.24, 2.45) is 0 Å². The number of carbonyl (C=O) groups excluding carboxylic acids is 4. The van der Waals surface area contributed by atoms with E-state index in [0.717, 1.165) is 4.90 Å². The van der Waals surface area contributed by atoms with E-state index in [4.69, 9.17) is 9.47 Å². The van der Waals surface area contributed by atoms with Crippen LogP contribution < -0.4 is 10.1 Å². The van der Waals surface area contributed by atoms with Crippen LogP contribution in [0, 0.1) is 0 Å². The Kier molecular flexibility index (Phi) is 5.64. The van der Waals surface area contributed by atoms with Gasteiger partial charge in [-0.2, -0.15) is 0 Å². The van der Waals surface area contributed by atoms with Crippen molar-refractivity contribution in [1.29, 1.82) is 0 Å². The minimum absolute atomic E-state index is 0.0580. The first-order valence-electron chi connectivity index (χ1n) is 8.13. The second-order valence-electron chi connectivity index (χ2n) is 6.51. The molecule has 0 bridgehead atoms. The van der Waals surface area contributed by atoms with Crippen molar-refractivity contribution >= 4 is 23.7 Å². The number of urea groups is 1. The number of hydrogen-bond donors (Lipinski definition) is 1. The summed E-state index contributed by atoms with van der Waals surface area (Å²) in [7, 11) is 1.48. The Balaban J connectivity index is 1.93. The van der Waals surface area contributed by atoms with Crippen molar-refractivity contribution in [2.75, 3.05) is 13.7 Å². The van der Waals surface area contributed by atoms with Crippen molar-refractivity contribution in [3.63, 3.8) is 0 Å². The van der Waals surface area contributed by atoms with Gasteiger partial charge in [0.25, 0.3) is 5.91 Å². The lowest BCUT2D eigenvalue weighted by atomic mass is 10.1. The van der Waals surface area contributed by atoms with Crippen LogP contribution in [0.15, 0.2) is 18.2 Å². The number of rotatable bonds is 7. The van der Waals surface area contributed by atoms with Gasteiger partial charge >= 0.3 is 12.0 Å². The molecular weight excluding hydrogens is 340 g/mol. The van der Waals surface area contributed by atoms with Crippen LogP contribution in [0.5, 0.6) is 5.75 Å². The lowest BCUT2D eigenvalue weighted by Gasteiger charge is -2.15. The Hall–Kier alpha value is -2.90. The van der Waals surface area contributed by atoms with Gasteiger partial charge in [0.1, 0.15) is 17.9 Å². The molecule has 1 N–H and O–H groups in total. The van der Waals surface area contributed by atoms with Gasteiger partial charge < -0.3 is 14.8 Å². The molecule has 0 aliphatic carbocycles. The van der Waals surface area contributed by atoms with Crippen molar-refractivity contribution < 1.29 is 28.7 Å². The highest BCUT2D eigenvalue weighted by atomic mass is 16.5. The Morgan fingerprint density at radius 2 is 1.92 bits per heavy atom. The lowest BCUT2D eigenvalue weighted by Crippen LogP contribution is -2.40. The third-order valence-electron chi connectivity index (χ3n) is 4.06. The van der Waals surface area contributed by atoms with E-state index in [9.17, 15) is 19.2 Å². The van der Waals surface area contributed by atoms with Crippen LogP contribution in [0.1, 0.15) is 43.1 Å². The second-order valence-corrected chi connectivity index (χ2v) is 6.51. The summed E-state index contributed by atoms with van der Waals surface area (Å²) in [5.74, 6) is -0.559. The van der Waals surface area contributed by atoms with Gasteiger partial charge in [-0.3, -0.25) is 19.3 Å². The molecule has 0 radical (unpaired) electrons. The zero-order valence-corrected chi connectivity index (χ0v) is 15.3. The quantitative estimate of drug-likeness (QED) is 0.450. The van der Waals surface area contributed by atoms with Crippen LogP contribution >= 0.6 is 0 Å². The number of esters is 1. The highest BCUT2D eigenvalue weighted by molar-refractivity contribution is 6.06. The van der Waals surface area contributed by atoms with Crippen LogP contribution in [0.25, 0.3) is 0 Å². The van der Waals surface area contributed by atoms with Gasteiger partial charge in [0.05, 0.1) is 13.5 Å². The maximum absolute atomic E-state index is 12.1. The average molecular weight is 362 g/mol. The largest absolute Gasteiger partial charge is 0.496 e. The molecule has 1 aliphatic rings. The molecule has 0 saturated carbocycles. The summed E-state index contributed by atoms with van der Waals surface area (Å²) in [6.07, 6.45) is -0.121. The smallest absolute Gasteiger partial charge is 0.325 e. The standard InChI is InChI=1S/C18H22N2O6/c1-11(21)12-5-6-14(25-4)13(9-12)10-26-15(22)7-8-20-16(23)18(2,3)19-17(20)24/h5-6,9H,7-8,10H2,1-4H3,(H,19,24). The van der Waals surface area contributed by atoms with E-state index in [1.807, 2.05) is 0 Å². The Morgan fingerprint density at radius 1 is 1.23 bits per heavy atom. The van der Waals surface area contributed by atoms with Crippen molar-refractivity contribution in [2.45, 2.75) is 39.3 Å². The number of ketones is 1. The SMILES string of the molecule is COc1ccc(C(C)=O)cc1COC(=O)CCN1C(=O)NC(C)(C)C1=O. The summed E-state index contributed by atoms with van der Waals surface area (Å²) in [5.41, 5.74) is 0.0738. The van der Waals surface area contributed by atoms with E-state index in [1.165, 1.54) is 14.0 Å². The maximum atomic E-state index is 12.1. The second kappa shape index (κ2) is 7.55. The molecule has 0 spiro atoms. The summed E-state index contributed by atoms with van der Waals surface area (Å²) in [6.45, 7) is 4.50. The van der Waals surface area contributed by atoms with E-state index < -0.39 is 17.5 Å². The Morgan fingerprint density at radius 3 is 2.46 bits per heavy atom. The summed E-state index contributed by atoms with van der Waals surface area (Å²) < 4.78 is 10.4. The Bertz CT molecular complexity index is 756. The van der Waals surface area contributed by atoms with Crippen LogP contribution in [0.2, 0.25) is 0 Å². The number of nitrogens with one attached hydrogen (secondary N) is 1. The molecule has 0 unspecified atom stereocenters. The number of ether oxygens (including phenoxy) is 2. The fourth-order valence-corrected chi connectivity index (χ4v) is 2.56. The zero-order valence-electron chi connectivity index (χ0n) is 15.3. The van der Waals surface area contributed by atoms with Gasteiger partial charge in [0.2, 0.25) is 0 Å². The number of imide groups is 1. The summed E-state index contributed by atoms with van der Waals surface area (Å²) in [4.78, 5) is 48.3. The van der Waals surface area contributed by atoms with Gasteiger partial charge in [0, 0.05) is 17.7 Å². The fourth-order valence-electron chi connectivity index (χ4n) is 2.56. The molecule has 3 amide bonds. The van der Waals surface area contributed by atoms with Crippen LogP contribution in [0.4, 0.5) is 4.79 Å². The predicted molar refractivity (Wildman–Crippen MR) is 91.7 cm³/mol. The molecule has 0 aromatic heterocycles. The average Bonchev–Trinajstić information content (AvgIpc) is 2.78. The van der Waals surface area contributed by atoms with Crippen molar-refractivity contribution in [1.82, 2.24) is 10.2 Å². The first kappa shape index (κ1) is 19.4. The highest BCUT2D eigenvalue weighted by Gasteiger charge is 2.44.